The van der Waals surface area contributed by atoms with Crippen molar-refractivity contribution < 1.29 is 13.2 Å². The van der Waals surface area contributed by atoms with Crippen molar-refractivity contribution in [3.63, 3.8) is 0 Å². The van der Waals surface area contributed by atoms with Crippen molar-refractivity contribution in [1.82, 2.24) is 9.55 Å². The minimum absolute atomic E-state index is 0.0479. The molecule has 3 aromatic carbocycles. The first-order chi connectivity index (χ1) is 18.4. The van der Waals surface area contributed by atoms with Crippen molar-refractivity contribution in [3.8, 4) is 5.69 Å². The lowest BCUT2D eigenvalue weighted by Crippen LogP contribution is -2.15. The molecule has 0 amide bonds. The summed E-state index contributed by atoms with van der Waals surface area (Å²) in [6.07, 6.45) is 5.25. The lowest BCUT2D eigenvalue weighted by Gasteiger charge is -2.25. The first-order valence-corrected chi connectivity index (χ1v) is 14.4. The molecule has 38 heavy (non-hydrogen) atoms. The van der Waals surface area contributed by atoms with Gasteiger partial charge in [0.1, 0.15) is 17.5 Å². The SMILES string of the molecule is CCCCc1cc(F)c(CSc2nc3c(n2-c2ccc(F)cc2)C(c2ccc(Cl)c(C)c2)CCC3)c(F)c1. The second-order valence-corrected chi connectivity index (χ2v) is 11.3. The first-order valence-electron chi connectivity index (χ1n) is 13.1. The number of halogens is 4. The number of imidazole rings is 1. The highest BCUT2D eigenvalue weighted by molar-refractivity contribution is 7.98. The highest BCUT2D eigenvalue weighted by Gasteiger charge is 2.30. The molecule has 1 atom stereocenters. The number of fused-ring (bicyclic) bond motifs is 1. The fourth-order valence-electron chi connectivity index (χ4n) is 5.21. The van der Waals surface area contributed by atoms with Crippen LogP contribution in [0.15, 0.2) is 59.8 Å². The Morgan fingerprint density at radius 3 is 2.45 bits per heavy atom. The molecule has 0 bridgehead atoms. The van der Waals surface area contributed by atoms with Crippen LogP contribution in [0, 0.1) is 24.4 Å². The molecule has 0 saturated heterocycles. The van der Waals surface area contributed by atoms with Gasteiger partial charge in [-0.3, -0.25) is 4.57 Å². The highest BCUT2D eigenvalue weighted by atomic mass is 35.5. The third kappa shape index (κ3) is 5.52. The standard InChI is InChI=1S/C31H30ClF3N2S/c1-3-4-6-20-16-27(34)25(28(35)17-20)18-38-31-36-29-8-5-7-24(21-9-14-26(32)19(2)15-21)30(29)37(31)23-12-10-22(33)11-13-23/h9-17,24H,3-8,18H2,1-2H3. The van der Waals surface area contributed by atoms with Gasteiger partial charge in [0.2, 0.25) is 0 Å². The zero-order valence-electron chi connectivity index (χ0n) is 21.5. The van der Waals surface area contributed by atoms with Gasteiger partial charge in [0, 0.05) is 27.9 Å². The van der Waals surface area contributed by atoms with Crippen LogP contribution in [0.2, 0.25) is 5.02 Å². The first kappa shape index (κ1) is 26.9. The van der Waals surface area contributed by atoms with E-state index in [1.165, 1.54) is 36.0 Å². The number of rotatable bonds is 8. The van der Waals surface area contributed by atoms with Gasteiger partial charge in [-0.2, -0.15) is 0 Å². The molecule has 0 aliphatic heterocycles. The predicted molar refractivity (Wildman–Crippen MR) is 149 cm³/mol. The Balaban J connectivity index is 1.55. The van der Waals surface area contributed by atoms with Gasteiger partial charge in [0.25, 0.3) is 0 Å². The summed E-state index contributed by atoms with van der Waals surface area (Å²) in [4.78, 5) is 4.96. The van der Waals surface area contributed by atoms with E-state index >= 15 is 0 Å². The fraction of sp³-hybridized carbons (Fsp3) is 0.323. The van der Waals surface area contributed by atoms with Gasteiger partial charge in [0.15, 0.2) is 5.16 Å². The number of unbranched alkanes of at least 4 members (excludes halogenated alkanes) is 1. The quantitative estimate of drug-likeness (QED) is 0.202. The average Bonchev–Trinajstić information content (AvgIpc) is 3.27. The molecule has 1 unspecified atom stereocenters. The monoisotopic (exact) mass is 554 g/mol. The molecule has 0 spiro atoms. The van der Waals surface area contributed by atoms with Crippen LogP contribution in [0.5, 0.6) is 0 Å². The zero-order chi connectivity index (χ0) is 26.8. The smallest absolute Gasteiger partial charge is 0.173 e. The molecule has 2 nitrogen and oxygen atoms in total. The molecule has 1 aliphatic rings. The molecular weight excluding hydrogens is 525 g/mol. The van der Waals surface area contributed by atoms with Crippen LogP contribution < -0.4 is 0 Å². The minimum Gasteiger partial charge on any atom is -0.291 e. The van der Waals surface area contributed by atoms with Gasteiger partial charge in [-0.1, -0.05) is 48.8 Å². The lowest BCUT2D eigenvalue weighted by molar-refractivity contribution is 0.561. The van der Waals surface area contributed by atoms with Crippen molar-refractivity contribution in [2.45, 2.75) is 69.2 Å². The third-order valence-electron chi connectivity index (χ3n) is 7.23. The largest absolute Gasteiger partial charge is 0.291 e. The van der Waals surface area contributed by atoms with Crippen molar-refractivity contribution in [1.29, 1.82) is 0 Å². The second-order valence-electron chi connectivity index (χ2n) is 9.92. The third-order valence-corrected chi connectivity index (χ3v) is 8.62. The van der Waals surface area contributed by atoms with Gasteiger partial charge in [-0.05, 0) is 98.2 Å². The molecule has 1 aromatic heterocycles. The summed E-state index contributed by atoms with van der Waals surface area (Å²) in [5.74, 6) is -1.19. The number of hydrogen-bond acceptors (Lipinski definition) is 2. The van der Waals surface area contributed by atoms with Crippen LogP contribution in [-0.2, 0) is 18.6 Å². The Labute approximate surface area is 231 Å². The normalized spacial score (nSPS) is 15.1. The van der Waals surface area contributed by atoms with E-state index in [0.29, 0.717) is 17.1 Å². The van der Waals surface area contributed by atoms with Crippen LogP contribution in [0.1, 0.15) is 72.2 Å². The maximum Gasteiger partial charge on any atom is 0.173 e. The zero-order valence-corrected chi connectivity index (χ0v) is 23.1. The molecular formula is C31H30ClF3N2S. The molecule has 5 rings (SSSR count). The van der Waals surface area contributed by atoms with Crippen LogP contribution in [0.4, 0.5) is 13.2 Å². The van der Waals surface area contributed by atoms with E-state index in [9.17, 15) is 13.2 Å². The fourth-order valence-corrected chi connectivity index (χ4v) is 6.38. The number of benzene rings is 3. The molecule has 0 radical (unpaired) electrons. The number of aryl methyl sites for hydroxylation is 3. The molecule has 7 heteroatoms. The Hall–Kier alpha value is -2.70. The van der Waals surface area contributed by atoms with Crippen LogP contribution in [0.3, 0.4) is 0 Å². The number of aromatic nitrogens is 2. The summed E-state index contributed by atoms with van der Waals surface area (Å²) in [5, 5.41) is 1.37. The summed E-state index contributed by atoms with van der Waals surface area (Å²) < 4.78 is 45.8. The van der Waals surface area contributed by atoms with E-state index in [1.54, 1.807) is 12.1 Å². The molecule has 0 fully saturated rings. The summed E-state index contributed by atoms with van der Waals surface area (Å²) in [6, 6.07) is 15.3. The van der Waals surface area contributed by atoms with Gasteiger partial charge in [-0.15, -0.1) is 0 Å². The maximum atomic E-state index is 15.0. The molecule has 4 aromatic rings. The predicted octanol–water partition coefficient (Wildman–Crippen LogP) is 9.35. The molecule has 0 N–H and O–H groups in total. The van der Waals surface area contributed by atoms with Crippen LogP contribution in [-0.4, -0.2) is 9.55 Å². The highest BCUT2D eigenvalue weighted by Crippen LogP contribution is 2.42. The summed E-state index contributed by atoms with van der Waals surface area (Å²) in [7, 11) is 0. The Morgan fingerprint density at radius 1 is 1.03 bits per heavy atom. The Morgan fingerprint density at radius 2 is 1.76 bits per heavy atom. The number of thioether (sulfide) groups is 1. The van der Waals surface area contributed by atoms with Crippen LogP contribution in [0.25, 0.3) is 5.69 Å². The number of hydrogen-bond donors (Lipinski definition) is 0. The van der Waals surface area contributed by atoms with E-state index in [4.69, 9.17) is 16.6 Å². The van der Waals surface area contributed by atoms with Crippen molar-refractivity contribution in [2.75, 3.05) is 0 Å². The van der Waals surface area contributed by atoms with E-state index in [0.717, 1.165) is 65.3 Å². The van der Waals surface area contributed by atoms with E-state index < -0.39 is 11.6 Å². The van der Waals surface area contributed by atoms with Crippen molar-refractivity contribution >= 4 is 23.4 Å². The average molecular weight is 555 g/mol. The van der Waals surface area contributed by atoms with Gasteiger partial charge in [0.05, 0.1) is 11.4 Å². The van der Waals surface area contributed by atoms with Crippen molar-refractivity contribution in [3.05, 3.63) is 111 Å². The van der Waals surface area contributed by atoms with E-state index in [2.05, 4.69) is 19.1 Å². The van der Waals surface area contributed by atoms with Crippen LogP contribution >= 0.6 is 23.4 Å². The van der Waals surface area contributed by atoms with Crippen molar-refractivity contribution in [2.24, 2.45) is 0 Å². The van der Waals surface area contributed by atoms with Gasteiger partial charge < -0.3 is 0 Å². The van der Waals surface area contributed by atoms with Gasteiger partial charge in [-0.25, -0.2) is 18.2 Å². The summed E-state index contributed by atoms with van der Waals surface area (Å²) >= 11 is 7.61. The molecule has 0 saturated carbocycles. The van der Waals surface area contributed by atoms with E-state index in [-0.39, 0.29) is 23.1 Å². The Bertz CT molecular complexity index is 1430. The maximum absolute atomic E-state index is 15.0. The second kappa shape index (κ2) is 11.6. The van der Waals surface area contributed by atoms with Gasteiger partial charge >= 0.3 is 0 Å². The minimum atomic E-state index is -0.525. The van der Waals surface area contributed by atoms with E-state index in [1.807, 2.05) is 17.6 Å². The number of nitrogens with zero attached hydrogens (tertiary/aromatic N) is 2. The molecule has 1 heterocycles. The lowest BCUT2D eigenvalue weighted by atomic mass is 9.83. The summed E-state index contributed by atoms with van der Waals surface area (Å²) in [6.45, 7) is 4.05. The summed E-state index contributed by atoms with van der Waals surface area (Å²) in [5.41, 5.74) is 5.67. The Kier molecular flexibility index (Phi) is 8.20. The molecule has 1 aliphatic carbocycles. The topological polar surface area (TPSA) is 17.8 Å². The molecule has 198 valence electrons.